The van der Waals surface area contributed by atoms with Crippen molar-refractivity contribution in [2.45, 2.75) is 63.7 Å². The van der Waals surface area contributed by atoms with E-state index in [2.05, 4.69) is 26.3 Å². The standard InChI is InChI=1S/C27H40N8O7.2H2O/c1-15(2)22-25(41)33-17(10-7-11-30-27(28)29)23(39)31-14-20(36)32-18(13-21(37)38)24(40)34-19(26(42)35(22)3)12-16-8-5-4-6-9-16;;/h4-6,8-9,15,17-19,22H,7,10-14H2,1-3H3,(H,31,39)(H,32,36)(H,33,41)(H,34,40)(H,37,38)(H4,28,29,30);2*1H2/t17-,18-,19+,22-;;/m0../s1. The monoisotopic (exact) mass is 624 g/mol. The first-order valence-corrected chi connectivity index (χ1v) is 13.6. The maximum atomic E-state index is 13.8. The Kier molecular flexibility index (Phi) is 16.7. The van der Waals surface area contributed by atoms with Crippen LogP contribution in [0.3, 0.4) is 0 Å². The Hall–Kier alpha value is -4.77. The molecule has 1 aliphatic rings. The van der Waals surface area contributed by atoms with Gasteiger partial charge < -0.3 is 53.7 Å². The Bertz CT molecular complexity index is 1180. The quantitative estimate of drug-likeness (QED) is 0.0803. The highest BCUT2D eigenvalue weighted by molar-refractivity contribution is 5.98. The number of amides is 5. The number of hydrogen-bond acceptors (Lipinski definition) is 7. The Morgan fingerprint density at radius 2 is 1.57 bits per heavy atom. The molecule has 5 amide bonds. The fourth-order valence-electron chi connectivity index (χ4n) is 4.58. The summed E-state index contributed by atoms with van der Waals surface area (Å²) in [7, 11) is 1.42. The second kappa shape index (κ2) is 18.7. The van der Waals surface area contributed by atoms with Gasteiger partial charge in [-0.25, -0.2) is 0 Å². The molecular weight excluding hydrogens is 580 g/mol. The summed E-state index contributed by atoms with van der Waals surface area (Å²) in [6, 6.07) is 3.92. The molecule has 246 valence electrons. The topological polar surface area (TPSA) is 301 Å². The molecule has 1 heterocycles. The number of carboxylic acid groups (broad SMARTS) is 1. The first-order valence-electron chi connectivity index (χ1n) is 13.6. The van der Waals surface area contributed by atoms with Gasteiger partial charge in [-0.2, -0.15) is 0 Å². The van der Waals surface area contributed by atoms with E-state index in [4.69, 9.17) is 11.5 Å². The maximum absolute atomic E-state index is 13.8. The van der Waals surface area contributed by atoms with Gasteiger partial charge in [0.25, 0.3) is 0 Å². The summed E-state index contributed by atoms with van der Waals surface area (Å²) in [6.07, 6.45) is -0.322. The molecule has 13 N–H and O–H groups in total. The number of aliphatic carboxylic acids is 1. The zero-order chi connectivity index (χ0) is 31.4. The summed E-state index contributed by atoms with van der Waals surface area (Å²) in [6.45, 7) is 3.04. The molecule has 2 rings (SSSR count). The van der Waals surface area contributed by atoms with Crippen LogP contribution in [0.25, 0.3) is 0 Å². The molecule has 44 heavy (non-hydrogen) atoms. The Balaban J connectivity index is 0.00000924. The molecule has 1 aromatic rings. The lowest BCUT2D eigenvalue weighted by Gasteiger charge is -2.34. The Labute approximate surface area is 254 Å². The molecule has 0 radical (unpaired) electrons. The molecular formula is C27H44N8O9. The minimum Gasteiger partial charge on any atom is -0.481 e. The van der Waals surface area contributed by atoms with E-state index in [1.165, 1.54) is 11.9 Å². The zero-order valence-corrected chi connectivity index (χ0v) is 25.0. The molecule has 17 heteroatoms. The van der Waals surface area contributed by atoms with Crippen LogP contribution in [0.5, 0.6) is 0 Å². The zero-order valence-electron chi connectivity index (χ0n) is 25.0. The van der Waals surface area contributed by atoms with Crippen LogP contribution in [0.15, 0.2) is 35.3 Å². The van der Waals surface area contributed by atoms with Gasteiger partial charge in [-0.05, 0) is 24.3 Å². The van der Waals surface area contributed by atoms with Crippen molar-refractivity contribution in [3.05, 3.63) is 35.9 Å². The molecule has 0 bridgehead atoms. The lowest BCUT2D eigenvalue weighted by atomic mass is 9.98. The van der Waals surface area contributed by atoms with E-state index in [0.29, 0.717) is 12.0 Å². The fourth-order valence-corrected chi connectivity index (χ4v) is 4.58. The van der Waals surface area contributed by atoms with E-state index in [1.54, 1.807) is 44.2 Å². The Morgan fingerprint density at radius 1 is 0.955 bits per heavy atom. The second-order valence-electron chi connectivity index (χ2n) is 10.3. The third-order valence-electron chi connectivity index (χ3n) is 6.59. The molecule has 0 saturated carbocycles. The van der Waals surface area contributed by atoms with Crippen LogP contribution < -0.4 is 32.7 Å². The van der Waals surface area contributed by atoms with E-state index in [-0.39, 0.29) is 36.3 Å². The minimum atomic E-state index is -1.54. The number of carbonyl (C=O) groups excluding carboxylic acids is 5. The van der Waals surface area contributed by atoms with Gasteiger partial charge in [-0.15, -0.1) is 0 Å². The summed E-state index contributed by atoms with van der Waals surface area (Å²) in [5, 5.41) is 19.3. The van der Waals surface area contributed by atoms with Crippen LogP contribution in [-0.4, -0.2) is 107 Å². The fraction of sp³-hybridized carbons (Fsp3) is 0.519. The smallest absolute Gasteiger partial charge is 0.305 e. The van der Waals surface area contributed by atoms with Gasteiger partial charge in [-0.1, -0.05) is 44.2 Å². The summed E-state index contributed by atoms with van der Waals surface area (Å²) < 4.78 is 0. The second-order valence-corrected chi connectivity index (χ2v) is 10.3. The highest BCUT2D eigenvalue weighted by Gasteiger charge is 2.37. The number of hydrogen-bond donors (Lipinski definition) is 7. The predicted octanol–water partition coefficient (Wildman–Crippen LogP) is -3.82. The number of nitrogens with two attached hydrogens (primary N) is 2. The van der Waals surface area contributed by atoms with Crippen molar-refractivity contribution in [1.29, 1.82) is 0 Å². The van der Waals surface area contributed by atoms with Crippen molar-refractivity contribution in [2.75, 3.05) is 20.1 Å². The number of benzene rings is 1. The van der Waals surface area contributed by atoms with Crippen molar-refractivity contribution in [2.24, 2.45) is 22.4 Å². The molecule has 1 aliphatic heterocycles. The minimum absolute atomic E-state index is 0. The van der Waals surface area contributed by atoms with Crippen LogP contribution in [0.4, 0.5) is 0 Å². The van der Waals surface area contributed by atoms with Gasteiger partial charge in [0, 0.05) is 20.0 Å². The van der Waals surface area contributed by atoms with E-state index in [0.717, 1.165) is 0 Å². The number of nitrogens with zero attached hydrogens (tertiary/aromatic N) is 2. The number of likely N-dealkylation sites (N-methyl/N-ethyl adjacent to an activating group) is 1. The lowest BCUT2D eigenvalue weighted by molar-refractivity contribution is -0.144. The van der Waals surface area contributed by atoms with E-state index >= 15 is 0 Å². The maximum Gasteiger partial charge on any atom is 0.305 e. The average Bonchev–Trinajstić information content (AvgIpc) is 2.91. The normalized spacial score (nSPS) is 21.6. The third kappa shape index (κ3) is 12.2. The molecule has 1 aromatic carbocycles. The highest BCUT2D eigenvalue weighted by atomic mass is 16.4. The van der Waals surface area contributed by atoms with Crippen LogP contribution >= 0.6 is 0 Å². The third-order valence-corrected chi connectivity index (χ3v) is 6.59. The number of carboxylic acids is 1. The first kappa shape index (κ1) is 39.2. The number of rotatable bonds is 9. The van der Waals surface area contributed by atoms with E-state index in [9.17, 15) is 33.9 Å². The molecule has 17 nitrogen and oxygen atoms in total. The van der Waals surface area contributed by atoms with Gasteiger partial charge in [0.15, 0.2) is 5.96 Å². The molecule has 1 saturated heterocycles. The van der Waals surface area contributed by atoms with E-state index in [1.807, 2.05) is 0 Å². The van der Waals surface area contributed by atoms with Crippen molar-refractivity contribution in [1.82, 2.24) is 26.2 Å². The van der Waals surface area contributed by atoms with Crippen LogP contribution in [0, 0.1) is 5.92 Å². The van der Waals surface area contributed by atoms with Crippen molar-refractivity contribution in [3.63, 3.8) is 0 Å². The first-order chi connectivity index (χ1) is 19.8. The number of nitrogens with one attached hydrogen (secondary N) is 4. The number of guanidine groups is 1. The van der Waals surface area contributed by atoms with Gasteiger partial charge >= 0.3 is 5.97 Å². The Morgan fingerprint density at radius 3 is 2.14 bits per heavy atom. The van der Waals surface area contributed by atoms with Gasteiger partial charge in [-0.3, -0.25) is 33.8 Å². The highest BCUT2D eigenvalue weighted by Crippen LogP contribution is 2.15. The van der Waals surface area contributed by atoms with Crippen LogP contribution in [0.2, 0.25) is 0 Å². The van der Waals surface area contributed by atoms with Gasteiger partial charge in [0.2, 0.25) is 29.5 Å². The van der Waals surface area contributed by atoms with Gasteiger partial charge in [0.1, 0.15) is 24.2 Å². The molecule has 0 aromatic heterocycles. The van der Waals surface area contributed by atoms with Gasteiger partial charge in [0.05, 0.1) is 13.0 Å². The van der Waals surface area contributed by atoms with E-state index < -0.39 is 78.6 Å². The average molecular weight is 625 g/mol. The SMILES string of the molecule is CC(C)[C@H]1C(=O)N[C@@H](CCCN=C(N)N)C(=O)NCC(=O)N[C@@H](CC(=O)O)C(=O)N[C@H](Cc2ccccc2)C(=O)N1C.O.O. The van der Waals surface area contributed by atoms with Crippen molar-refractivity contribution < 1.29 is 44.8 Å². The molecule has 0 spiro atoms. The molecule has 4 atom stereocenters. The van der Waals surface area contributed by atoms with Crippen LogP contribution in [0.1, 0.15) is 38.7 Å². The summed E-state index contributed by atoms with van der Waals surface area (Å²) >= 11 is 0. The van der Waals surface area contributed by atoms with Crippen molar-refractivity contribution in [3.8, 4) is 0 Å². The van der Waals surface area contributed by atoms with Crippen molar-refractivity contribution >= 4 is 41.5 Å². The molecule has 0 aliphatic carbocycles. The number of aliphatic imine (C=N–C) groups is 1. The predicted molar refractivity (Wildman–Crippen MR) is 160 cm³/mol. The van der Waals surface area contributed by atoms with Crippen LogP contribution in [-0.2, 0) is 35.2 Å². The number of carbonyl (C=O) groups is 6. The largest absolute Gasteiger partial charge is 0.481 e. The summed E-state index contributed by atoms with van der Waals surface area (Å²) in [4.78, 5) is 82.8. The summed E-state index contributed by atoms with van der Waals surface area (Å²) in [5.74, 6) is -5.58. The summed E-state index contributed by atoms with van der Waals surface area (Å²) in [5.41, 5.74) is 11.4. The molecule has 1 fully saturated rings. The lowest BCUT2D eigenvalue weighted by Crippen LogP contribution is -2.59. The molecule has 0 unspecified atom stereocenters.